The Bertz CT molecular complexity index is 617. The molecule has 0 aliphatic heterocycles. The molecule has 0 saturated carbocycles. The molecule has 0 aliphatic carbocycles. The van der Waals surface area contributed by atoms with Crippen molar-refractivity contribution in [3.63, 3.8) is 0 Å². The summed E-state index contributed by atoms with van der Waals surface area (Å²) >= 11 is 4.93. The van der Waals surface area contributed by atoms with Crippen LogP contribution < -0.4 is 10.6 Å². The average molecular weight is 282 g/mol. The van der Waals surface area contributed by atoms with Gasteiger partial charge in [-0.05, 0) is 42.5 Å². The second-order valence-electron chi connectivity index (χ2n) is 3.71. The lowest BCUT2D eigenvalue weighted by atomic mass is 10.3. The lowest BCUT2D eigenvalue weighted by molar-refractivity contribution is 0.604. The molecule has 0 aromatic heterocycles. The van der Waals surface area contributed by atoms with E-state index in [2.05, 4.69) is 10.6 Å². The van der Waals surface area contributed by atoms with Crippen LogP contribution in [0.2, 0.25) is 0 Å². The van der Waals surface area contributed by atoms with Gasteiger partial charge in [-0.3, -0.25) is 0 Å². The van der Waals surface area contributed by atoms with E-state index in [9.17, 15) is 13.2 Å². The fourth-order valence-corrected chi connectivity index (χ4v) is 1.67. The first kappa shape index (κ1) is 13.4. The van der Waals surface area contributed by atoms with E-state index in [0.717, 1.165) is 18.2 Å². The molecule has 2 aromatic rings. The van der Waals surface area contributed by atoms with Crippen LogP contribution in [-0.2, 0) is 0 Å². The minimum absolute atomic E-state index is 0.0371. The molecular weight excluding hydrogens is 273 g/mol. The second kappa shape index (κ2) is 5.71. The van der Waals surface area contributed by atoms with Crippen LogP contribution in [0.15, 0.2) is 42.5 Å². The zero-order valence-electron chi connectivity index (χ0n) is 9.58. The van der Waals surface area contributed by atoms with Crippen molar-refractivity contribution in [3.05, 3.63) is 59.9 Å². The molecule has 0 aliphatic rings. The molecule has 0 unspecified atom stereocenters. The first-order chi connectivity index (χ1) is 9.04. The molecule has 0 amide bonds. The van der Waals surface area contributed by atoms with Gasteiger partial charge >= 0.3 is 0 Å². The van der Waals surface area contributed by atoms with Crippen LogP contribution in [0.25, 0.3) is 0 Å². The summed E-state index contributed by atoms with van der Waals surface area (Å²) in [7, 11) is 0. The zero-order valence-corrected chi connectivity index (χ0v) is 10.4. The molecule has 2 rings (SSSR count). The highest BCUT2D eigenvalue weighted by Crippen LogP contribution is 2.16. The Hall–Kier alpha value is -2.08. The summed E-state index contributed by atoms with van der Waals surface area (Å²) in [5.41, 5.74) is 0.322. The summed E-state index contributed by atoms with van der Waals surface area (Å²) in [5.74, 6) is -1.65. The molecule has 0 radical (unpaired) electrons. The van der Waals surface area contributed by atoms with E-state index in [0.29, 0.717) is 5.69 Å². The first-order valence-electron chi connectivity index (χ1n) is 5.33. The van der Waals surface area contributed by atoms with Gasteiger partial charge in [0.1, 0.15) is 17.5 Å². The van der Waals surface area contributed by atoms with Gasteiger partial charge in [-0.25, -0.2) is 13.2 Å². The van der Waals surface area contributed by atoms with E-state index in [1.165, 1.54) is 18.2 Å². The number of nitrogens with one attached hydrogen (secondary N) is 2. The van der Waals surface area contributed by atoms with Crippen LogP contribution in [0, 0.1) is 17.5 Å². The molecule has 0 saturated heterocycles. The normalized spacial score (nSPS) is 10.1. The summed E-state index contributed by atoms with van der Waals surface area (Å²) < 4.78 is 39.3. The fraction of sp³-hybridized carbons (Fsp3) is 0. The quantitative estimate of drug-likeness (QED) is 0.817. The van der Waals surface area contributed by atoms with Crippen LogP contribution >= 0.6 is 12.2 Å². The fourth-order valence-electron chi connectivity index (χ4n) is 1.44. The van der Waals surface area contributed by atoms with Crippen molar-refractivity contribution in [2.45, 2.75) is 0 Å². The molecule has 0 atom stereocenters. The Morgan fingerprint density at radius 3 is 2.37 bits per heavy atom. The number of benzene rings is 2. The second-order valence-corrected chi connectivity index (χ2v) is 4.12. The number of rotatable bonds is 2. The Balaban J connectivity index is 2.07. The number of anilines is 2. The van der Waals surface area contributed by atoms with Crippen molar-refractivity contribution in [1.82, 2.24) is 0 Å². The topological polar surface area (TPSA) is 24.1 Å². The third-order valence-electron chi connectivity index (χ3n) is 2.26. The molecule has 6 heteroatoms. The van der Waals surface area contributed by atoms with Gasteiger partial charge in [-0.15, -0.1) is 0 Å². The van der Waals surface area contributed by atoms with E-state index >= 15 is 0 Å². The maximum atomic E-state index is 13.4. The lowest BCUT2D eigenvalue weighted by Crippen LogP contribution is -2.19. The average Bonchev–Trinajstić information content (AvgIpc) is 2.34. The van der Waals surface area contributed by atoms with E-state index < -0.39 is 17.5 Å². The molecule has 0 heterocycles. The van der Waals surface area contributed by atoms with Crippen molar-refractivity contribution in [1.29, 1.82) is 0 Å². The van der Waals surface area contributed by atoms with Crippen LogP contribution in [0.4, 0.5) is 24.5 Å². The summed E-state index contributed by atoms with van der Waals surface area (Å²) in [5, 5.41) is 5.21. The van der Waals surface area contributed by atoms with Crippen molar-refractivity contribution in [2.24, 2.45) is 0 Å². The lowest BCUT2D eigenvalue weighted by Gasteiger charge is -2.11. The summed E-state index contributed by atoms with van der Waals surface area (Å²) in [4.78, 5) is 0. The SMILES string of the molecule is Fc1cccc(NC(=S)Nc2cc(F)ccc2F)c1. The van der Waals surface area contributed by atoms with Crippen molar-refractivity contribution < 1.29 is 13.2 Å². The molecular formula is C13H9F3N2S. The predicted octanol–water partition coefficient (Wildman–Crippen LogP) is 3.91. The Labute approximate surface area is 113 Å². The monoisotopic (exact) mass is 282 g/mol. The van der Waals surface area contributed by atoms with Gasteiger partial charge in [0.2, 0.25) is 0 Å². The molecule has 0 fully saturated rings. The molecule has 2 N–H and O–H groups in total. The van der Waals surface area contributed by atoms with Crippen LogP contribution in [0.5, 0.6) is 0 Å². The molecule has 19 heavy (non-hydrogen) atoms. The smallest absolute Gasteiger partial charge is 0.175 e. The van der Waals surface area contributed by atoms with Crippen LogP contribution in [0.1, 0.15) is 0 Å². The maximum Gasteiger partial charge on any atom is 0.175 e. The van der Waals surface area contributed by atoms with Gasteiger partial charge in [0, 0.05) is 11.8 Å². The third kappa shape index (κ3) is 3.69. The van der Waals surface area contributed by atoms with Crippen LogP contribution in [0.3, 0.4) is 0 Å². The van der Waals surface area contributed by atoms with Gasteiger partial charge < -0.3 is 10.6 Å². The first-order valence-corrected chi connectivity index (χ1v) is 5.74. The van der Waals surface area contributed by atoms with E-state index in [-0.39, 0.29) is 10.8 Å². The highest BCUT2D eigenvalue weighted by atomic mass is 32.1. The summed E-state index contributed by atoms with van der Waals surface area (Å²) in [6, 6.07) is 8.59. The summed E-state index contributed by atoms with van der Waals surface area (Å²) in [6.07, 6.45) is 0. The Morgan fingerprint density at radius 1 is 0.895 bits per heavy atom. The van der Waals surface area contributed by atoms with Gasteiger partial charge in [0.25, 0.3) is 0 Å². The van der Waals surface area contributed by atoms with Gasteiger partial charge in [0.15, 0.2) is 5.11 Å². The Morgan fingerprint density at radius 2 is 1.63 bits per heavy atom. The van der Waals surface area contributed by atoms with E-state index in [4.69, 9.17) is 12.2 Å². The predicted molar refractivity (Wildman–Crippen MR) is 72.6 cm³/mol. The standard InChI is InChI=1S/C13H9F3N2S/c14-8-2-1-3-10(6-8)17-13(19)18-12-7-9(15)4-5-11(12)16/h1-7H,(H2,17,18,19). The molecule has 98 valence electrons. The molecule has 0 spiro atoms. The van der Waals surface area contributed by atoms with Crippen molar-refractivity contribution in [3.8, 4) is 0 Å². The highest BCUT2D eigenvalue weighted by Gasteiger charge is 2.06. The minimum Gasteiger partial charge on any atom is -0.332 e. The van der Waals surface area contributed by atoms with Crippen molar-refractivity contribution in [2.75, 3.05) is 10.6 Å². The third-order valence-corrected chi connectivity index (χ3v) is 2.46. The molecule has 2 aromatic carbocycles. The molecule has 0 bridgehead atoms. The van der Waals surface area contributed by atoms with E-state index in [1.54, 1.807) is 6.07 Å². The number of hydrogen-bond acceptors (Lipinski definition) is 1. The van der Waals surface area contributed by atoms with Crippen molar-refractivity contribution >= 4 is 28.7 Å². The van der Waals surface area contributed by atoms with Gasteiger partial charge in [-0.1, -0.05) is 6.07 Å². The maximum absolute atomic E-state index is 13.4. The number of hydrogen-bond donors (Lipinski definition) is 2. The zero-order chi connectivity index (χ0) is 13.8. The highest BCUT2D eigenvalue weighted by molar-refractivity contribution is 7.80. The number of thiocarbonyl (C=S) groups is 1. The van der Waals surface area contributed by atoms with E-state index in [1.807, 2.05) is 0 Å². The van der Waals surface area contributed by atoms with Crippen LogP contribution in [-0.4, -0.2) is 5.11 Å². The number of halogens is 3. The largest absolute Gasteiger partial charge is 0.332 e. The summed E-state index contributed by atoms with van der Waals surface area (Å²) in [6.45, 7) is 0. The Kier molecular flexibility index (Phi) is 4.01. The molecule has 2 nitrogen and oxygen atoms in total. The van der Waals surface area contributed by atoms with Gasteiger partial charge in [0.05, 0.1) is 5.69 Å². The minimum atomic E-state index is -0.634. The van der Waals surface area contributed by atoms with Gasteiger partial charge in [-0.2, -0.15) is 0 Å².